The van der Waals surface area contributed by atoms with Crippen molar-refractivity contribution in [2.45, 2.75) is 112 Å². The van der Waals surface area contributed by atoms with E-state index in [1.54, 1.807) is 53.8 Å². The largest absolute Gasteiger partial charge is 0.494 e. The van der Waals surface area contributed by atoms with Crippen LogP contribution in [0.25, 0.3) is 10.4 Å². The zero-order valence-corrected chi connectivity index (χ0v) is 43.3. The van der Waals surface area contributed by atoms with Crippen molar-refractivity contribution < 1.29 is 38.5 Å². The van der Waals surface area contributed by atoms with Crippen molar-refractivity contribution in [3.63, 3.8) is 0 Å². The molecule has 1 aromatic heterocycles. The van der Waals surface area contributed by atoms with Gasteiger partial charge in [-0.15, -0.1) is 11.3 Å². The van der Waals surface area contributed by atoms with Crippen molar-refractivity contribution in [3.05, 3.63) is 129 Å². The molecule has 7 rings (SSSR count). The zero-order chi connectivity index (χ0) is 51.3. The average molecular weight is 1000 g/mol. The van der Waals surface area contributed by atoms with Crippen LogP contribution in [0, 0.1) is 40.4 Å². The topological polar surface area (TPSA) is 180 Å². The Labute approximate surface area is 425 Å². The average Bonchev–Trinajstić information content (AvgIpc) is 3.96. The maximum Gasteiger partial charge on any atom is 0.251 e. The van der Waals surface area contributed by atoms with Gasteiger partial charge in [-0.25, -0.2) is 4.98 Å². The fourth-order valence-corrected chi connectivity index (χ4v) is 11.2. The number of para-hydroxylation sites is 1. The number of ketones is 1. The summed E-state index contributed by atoms with van der Waals surface area (Å²) in [7, 11) is 0. The molecule has 0 unspecified atom stereocenters. The Morgan fingerprint density at radius 3 is 2.30 bits per heavy atom. The number of nitrogens with zero attached hydrogens (tertiary/aromatic N) is 3. The number of aryl methyl sites for hydroxylation is 2. The standard InChI is InChI=1S/C56H64ClN5O8S/c1-34-48(71-33-60-34)37-17-15-35(16-18-37)30-59-50(66)46-27-40(63)31-62(46)51(67)44(54(2,3)4)26-41(64)32-69-47-14-10-9-12-36(47)13-11-25-68-42-22-19-38(20-23-42)49(65)61-52-55(5,6)53(56(52,7)8)70-43-24-21-39(29-58)45(57)28-43/h9-10,12,14-24,28,33,40,44,46,52-53,63H,11,13,25-27,30-32H2,1-8H3,(H,59,66)(H,61,65)/t40-,44-,46+,52?,53?/m1/s1. The minimum atomic E-state index is -0.868. The number of carbonyl (C=O) groups is 4. The van der Waals surface area contributed by atoms with Crippen molar-refractivity contribution in [1.29, 1.82) is 5.26 Å². The molecular weight excluding hydrogens is 938 g/mol. The molecule has 0 spiro atoms. The first kappa shape index (κ1) is 52.6. The Balaban J connectivity index is 0.863. The van der Waals surface area contributed by atoms with E-state index in [0.717, 1.165) is 27.3 Å². The third kappa shape index (κ3) is 12.3. The van der Waals surface area contributed by atoms with E-state index in [-0.39, 0.29) is 68.2 Å². The number of benzene rings is 4. The van der Waals surface area contributed by atoms with Gasteiger partial charge >= 0.3 is 0 Å². The first-order chi connectivity index (χ1) is 33.7. The van der Waals surface area contributed by atoms with Crippen molar-refractivity contribution >= 4 is 46.4 Å². The number of likely N-dealkylation sites (tertiary alicyclic amines) is 1. The van der Waals surface area contributed by atoms with Crippen molar-refractivity contribution in [2.24, 2.45) is 22.2 Å². The molecule has 13 nitrogen and oxygen atoms in total. The lowest BCUT2D eigenvalue weighted by Gasteiger charge is -2.63. The van der Waals surface area contributed by atoms with Gasteiger partial charge in [0.1, 0.15) is 42.1 Å². The van der Waals surface area contributed by atoms with Gasteiger partial charge < -0.3 is 34.9 Å². The number of hydrogen-bond acceptors (Lipinski definition) is 11. The summed E-state index contributed by atoms with van der Waals surface area (Å²) < 4.78 is 18.5. The highest BCUT2D eigenvalue weighted by Crippen LogP contribution is 2.55. The molecule has 71 heavy (non-hydrogen) atoms. The van der Waals surface area contributed by atoms with Crippen LogP contribution >= 0.6 is 22.9 Å². The van der Waals surface area contributed by atoms with Gasteiger partial charge in [0.15, 0.2) is 5.78 Å². The maximum absolute atomic E-state index is 14.2. The molecule has 3 N–H and O–H groups in total. The number of Topliss-reactive ketones (excluding diaryl/α,β-unsaturated/α-hetero) is 1. The number of ether oxygens (including phenoxy) is 3. The smallest absolute Gasteiger partial charge is 0.251 e. The molecule has 0 radical (unpaired) electrons. The molecule has 1 saturated carbocycles. The van der Waals surface area contributed by atoms with Gasteiger partial charge in [-0.2, -0.15) is 5.26 Å². The molecule has 374 valence electrons. The number of amides is 3. The second-order valence-electron chi connectivity index (χ2n) is 20.9. The Morgan fingerprint density at radius 1 is 0.958 bits per heavy atom. The quantitative estimate of drug-likeness (QED) is 0.0675. The summed E-state index contributed by atoms with van der Waals surface area (Å²) in [5.41, 5.74) is 5.09. The summed E-state index contributed by atoms with van der Waals surface area (Å²) in [6, 6.07) is 28.5. The van der Waals surface area contributed by atoms with E-state index < -0.39 is 34.3 Å². The number of hydrogen-bond donors (Lipinski definition) is 3. The first-order valence-corrected chi connectivity index (χ1v) is 25.3. The molecular formula is C56H64ClN5O8S. The number of halogens is 1. The monoisotopic (exact) mass is 1000 g/mol. The van der Waals surface area contributed by atoms with Crippen LogP contribution in [-0.4, -0.2) is 82.5 Å². The molecule has 2 fully saturated rings. The lowest BCUT2D eigenvalue weighted by Crippen LogP contribution is -2.74. The number of nitrogens with one attached hydrogen (secondary N) is 2. The molecule has 5 aromatic rings. The fraction of sp³-hybridized carbons (Fsp3) is 0.429. The molecule has 1 saturated heterocycles. The van der Waals surface area contributed by atoms with Crippen molar-refractivity contribution in [3.8, 4) is 33.8 Å². The van der Waals surface area contributed by atoms with E-state index in [0.29, 0.717) is 52.8 Å². The fourth-order valence-electron chi connectivity index (χ4n) is 10.2. The Bertz CT molecular complexity index is 2740. The van der Waals surface area contributed by atoms with E-state index in [1.807, 2.05) is 81.7 Å². The third-order valence-corrected chi connectivity index (χ3v) is 15.1. The lowest BCUT2D eigenvalue weighted by molar-refractivity contribution is -0.164. The van der Waals surface area contributed by atoms with Gasteiger partial charge in [0, 0.05) is 54.4 Å². The van der Waals surface area contributed by atoms with Crippen LogP contribution in [-0.2, 0) is 27.3 Å². The van der Waals surface area contributed by atoms with E-state index >= 15 is 0 Å². The SMILES string of the molecule is Cc1ncsc1-c1ccc(CNC(=O)[C@@H]2C[C@@H](O)CN2C(=O)[C@@H](CC(=O)COc2ccccc2CCCOc2ccc(C(=O)NC3C(C)(C)C(Oc4ccc(C#N)c(Cl)c4)C3(C)C)cc2)C(C)(C)C)cc1. The molecule has 2 heterocycles. The maximum atomic E-state index is 14.2. The summed E-state index contributed by atoms with van der Waals surface area (Å²) in [6.07, 6.45) is 0.198. The predicted octanol–water partition coefficient (Wildman–Crippen LogP) is 9.55. The Hall–Kier alpha value is -6.27. The summed E-state index contributed by atoms with van der Waals surface area (Å²) in [5.74, 6) is -0.150. The van der Waals surface area contributed by atoms with Crippen LogP contribution in [0.1, 0.15) is 100 Å². The van der Waals surface area contributed by atoms with Crippen molar-refractivity contribution in [2.75, 3.05) is 19.8 Å². The van der Waals surface area contributed by atoms with Crippen LogP contribution in [0.3, 0.4) is 0 Å². The van der Waals surface area contributed by atoms with Gasteiger partial charge in [-0.05, 0) is 84.3 Å². The molecule has 3 atom stereocenters. The van der Waals surface area contributed by atoms with E-state index in [2.05, 4.69) is 49.4 Å². The molecule has 1 aliphatic heterocycles. The molecule has 4 aromatic carbocycles. The predicted molar refractivity (Wildman–Crippen MR) is 274 cm³/mol. The summed E-state index contributed by atoms with van der Waals surface area (Å²) >= 11 is 7.83. The van der Waals surface area contributed by atoms with Crippen molar-refractivity contribution in [1.82, 2.24) is 20.5 Å². The minimum Gasteiger partial charge on any atom is -0.494 e. The second kappa shape index (κ2) is 22.0. The number of aliphatic hydroxyl groups excluding tert-OH is 1. The van der Waals surface area contributed by atoms with Gasteiger partial charge in [-0.1, -0.05) is 103 Å². The summed E-state index contributed by atoms with van der Waals surface area (Å²) in [5, 5.41) is 26.4. The van der Waals surface area contributed by atoms with Gasteiger partial charge in [0.25, 0.3) is 5.91 Å². The molecule has 15 heteroatoms. The highest BCUT2D eigenvalue weighted by Gasteiger charge is 2.64. The van der Waals surface area contributed by atoms with Gasteiger partial charge in [0.2, 0.25) is 11.8 Å². The number of aliphatic hydroxyl groups is 1. The number of carbonyl (C=O) groups excluding carboxylic acids is 4. The van der Waals surface area contributed by atoms with Crippen LogP contribution in [0.15, 0.2) is 96.5 Å². The number of β-amino-alcohol motifs (C(OH)–C–C–N with tert-alkyl or cyclic N) is 1. The van der Waals surface area contributed by atoms with Crippen LogP contribution < -0.4 is 24.8 Å². The van der Waals surface area contributed by atoms with Crippen LogP contribution in [0.4, 0.5) is 0 Å². The van der Waals surface area contributed by atoms with Crippen LogP contribution in [0.5, 0.6) is 17.2 Å². The lowest BCUT2D eigenvalue weighted by atomic mass is 9.49. The van der Waals surface area contributed by atoms with Crippen LogP contribution in [0.2, 0.25) is 5.02 Å². The Morgan fingerprint density at radius 2 is 1.65 bits per heavy atom. The number of thiazole rings is 1. The first-order valence-electron chi connectivity index (χ1n) is 24.1. The Kier molecular flexibility index (Phi) is 16.3. The van der Waals surface area contributed by atoms with E-state index in [9.17, 15) is 29.5 Å². The van der Waals surface area contributed by atoms with Gasteiger partial charge in [0.05, 0.1) is 45.3 Å². The van der Waals surface area contributed by atoms with Gasteiger partial charge in [-0.3, -0.25) is 19.2 Å². The molecule has 1 aliphatic carbocycles. The number of rotatable bonds is 19. The molecule has 2 aliphatic rings. The number of nitriles is 1. The zero-order valence-electron chi connectivity index (χ0n) is 41.7. The molecule has 0 bridgehead atoms. The molecule has 3 amide bonds. The minimum absolute atomic E-state index is 0.00653. The number of aromatic nitrogens is 1. The summed E-state index contributed by atoms with van der Waals surface area (Å²) in [6.45, 7) is 16.3. The normalized spacial score (nSPS) is 19.4. The summed E-state index contributed by atoms with van der Waals surface area (Å²) in [4.78, 5) is 61.7. The highest BCUT2D eigenvalue weighted by molar-refractivity contribution is 7.13. The van der Waals surface area contributed by atoms with E-state index in [4.69, 9.17) is 25.8 Å². The van der Waals surface area contributed by atoms with E-state index in [1.165, 1.54) is 4.90 Å². The second-order valence-corrected chi connectivity index (χ2v) is 22.2. The highest BCUT2D eigenvalue weighted by atomic mass is 35.5. The third-order valence-electron chi connectivity index (χ3n) is 13.8.